The number of aryl methyl sites for hydroxylation is 2. The van der Waals surface area contributed by atoms with E-state index in [0.717, 1.165) is 35.6 Å². The lowest BCUT2D eigenvalue weighted by Gasteiger charge is -2.27. The molecule has 8 aromatic carbocycles. The van der Waals surface area contributed by atoms with Crippen LogP contribution in [-0.4, -0.2) is 4.57 Å². The molecule has 0 unspecified atom stereocenters. The van der Waals surface area contributed by atoms with Crippen molar-refractivity contribution in [2.75, 3.05) is 4.90 Å². The monoisotopic (exact) mass is 846 g/mol. The number of hydrogen-bond acceptors (Lipinski definition) is 1. The SMILES string of the molecule is CCC(C)(C)c1ccc2c(c1)C(C)(C)c1cc(-c3ccc4c(c3)c3cc(C(C)(C)CC)ccc3n4-c3ccc(-c4ccc(N(c5ccc(C)cc5)c5ccc(C)cc5)cc4)cc3)ccc1-2. The van der Waals surface area contributed by atoms with Crippen LogP contribution in [0, 0.1) is 13.8 Å². The molecule has 0 saturated heterocycles. The third kappa shape index (κ3) is 7.28. The zero-order chi connectivity index (χ0) is 45.4. The van der Waals surface area contributed by atoms with Crippen LogP contribution in [0.5, 0.6) is 0 Å². The molecule has 9 aromatic rings. The molecule has 0 aliphatic heterocycles. The molecule has 1 aliphatic rings. The number of anilines is 3. The van der Waals surface area contributed by atoms with E-state index in [2.05, 4.69) is 249 Å². The molecule has 0 saturated carbocycles. The highest BCUT2D eigenvalue weighted by Gasteiger charge is 2.37. The molecule has 0 bridgehead atoms. The van der Waals surface area contributed by atoms with Crippen LogP contribution in [-0.2, 0) is 16.2 Å². The summed E-state index contributed by atoms with van der Waals surface area (Å²) in [5, 5.41) is 2.58. The fourth-order valence-corrected chi connectivity index (χ4v) is 10.1. The summed E-state index contributed by atoms with van der Waals surface area (Å²) in [5.41, 5.74) is 23.0. The molecule has 2 nitrogen and oxygen atoms in total. The number of rotatable bonds is 10. The highest BCUT2D eigenvalue weighted by atomic mass is 15.1. The second-order valence-corrected chi connectivity index (χ2v) is 20.5. The molecule has 1 aromatic heterocycles. The van der Waals surface area contributed by atoms with Gasteiger partial charge in [-0.25, -0.2) is 0 Å². The van der Waals surface area contributed by atoms with Gasteiger partial charge in [0.05, 0.1) is 11.0 Å². The summed E-state index contributed by atoms with van der Waals surface area (Å²) in [4.78, 5) is 2.33. The molecular formula is C63H62N2. The Hall–Kier alpha value is -6.64. The van der Waals surface area contributed by atoms with Crippen molar-refractivity contribution in [3.8, 4) is 39.1 Å². The fraction of sp³-hybridized carbons (Fsp3) is 0.238. The van der Waals surface area contributed by atoms with Crippen LogP contribution in [0.2, 0.25) is 0 Å². The van der Waals surface area contributed by atoms with E-state index in [1.54, 1.807) is 0 Å². The molecule has 0 spiro atoms. The Morgan fingerprint density at radius 1 is 0.431 bits per heavy atom. The first kappa shape index (κ1) is 42.3. The Labute approximate surface area is 387 Å². The summed E-state index contributed by atoms with van der Waals surface area (Å²) in [5.74, 6) is 0. The zero-order valence-corrected chi connectivity index (χ0v) is 40.0. The van der Waals surface area contributed by atoms with Gasteiger partial charge in [-0.3, -0.25) is 0 Å². The minimum absolute atomic E-state index is 0.0709. The van der Waals surface area contributed by atoms with Gasteiger partial charge >= 0.3 is 0 Å². The van der Waals surface area contributed by atoms with Gasteiger partial charge in [0.15, 0.2) is 0 Å². The first-order valence-electron chi connectivity index (χ1n) is 23.7. The van der Waals surface area contributed by atoms with Crippen LogP contribution in [0.25, 0.3) is 60.9 Å². The van der Waals surface area contributed by atoms with Gasteiger partial charge in [0.25, 0.3) is 0 Å². The Morgan fingerprint density at radius 2 is 0.831 bits per heavy atom. The molecule has 0 radical (unpaired) electrons. The second kappa shape index (κ2) is 15.8. The van der Waals surface area contributed by atoms with Crippen LogP contribution in [0.15, 0.2) is 170 Å². The highest BCUT2D eigenvalue weighted by Crippen LogP contribution is 2.51. The predicted octanol–water partition coefficient (Wildman–Crippen LogP) is 17.9. The lowest BCUT2D eigenvalue weighted by molar-refractivity contribution is 0.504. The molecule has 1 aliphatic carbocycles. The maximum absolute atomic E-state index is 2.49. The van der Waals surface area contributed by atoms with Crippen molar-refractivity contribution >= 4 is 38.9 Å². The van der Waals surface area contributed by atoms with Gasteiger partial charge in [-0.05, 0) is 172 Å². The summed E-state index contributed by atoms with van der Waals surface area (Å²) in [6, 6.07) is 64.4. The standard InChI is InChI=1S/C63H62N2/c1-11-61(5,6)47-24-36-60-56(39-47)55-37-45(46-21-33-53-54-34-23-48(62(7,8)12-2)40-58(54)63(9,10)57(53)38-46)22-35-59(55)65(60)52-31-19-44(20-32-52)43-17-29-51(30-18-43)64(49-25-13-41(3)14-26-49)50-27-15-42(4)16-28-50/h13-40H,11-12H2,1-10H3. The minimum Gasteiger partial charge on any atom is -0.311 e. The fourth-order valence-electron chi connectivity index (χ4n) is 10.1. The third-order valence-corrected chi connectivity index (χ3v) is 15.3. The summed E-state index contributed by atoms with van der Waals surface area (Å²) in [6.07, 6.45) is 2.19. The van der Waals surface area contributed by atoms with Crippen LogP contribution in [0.4, 0.5) is 17.1 Å². The molecule has 324 valence electrons. The van der Waals surface area contributed by atoms with Gasteiger partial charge in [-0.2, -0.15) is 0 Å². The van der Waals surface area contributed by atoms with Gasteiger partial charge < -0.3 is 9.47 Å². The van der Waals surface area contributed by atoms with Gasteiger partial charge in [0.2, 0.25) is 0 Å². The lowest BCUT2D eigenvalue weighted by atomic mass is 9.77. The summed E-state index contributed by atoms with van der Waals surface area (Å²) >= 11 is 0. The van der Waals surface area contributed by atoms with Crippen LogP contribution < -0.4 is 4.90 Å². The van der Waals surface area contributed by atoms with Crippen molar-refractivity contribution in [1.82, 2.24) is 4.57 Å². The number of nitrogens with zero attached hydrogens (tertiary/aromatic N) is 2. The van der Waals surface area contributed by atoms with Crippen molar-refractivity contribution in [2.45, 2.75) is 98.3 Å². The summed E-state index contributed by atoms with van der Waals surface area (Å²) < 4.78 is 2.46. The van der Waals surface area contributed by atoms with E-state index >= 15 is 0 Å². The summed E-state index contributed by atoms with van der Waals surface area (Å²) in [6.45, 7) is 23.1. The second-order valence-electron chi connectivity index (χ2n) is 20.5. The Balaban J connectivity index is 1.02. The zero-order valence-electron chi connectivity index (χ0n) is 40.0. The molecule has 0 fully saturated rings. The Bertz CT molecular complexity index is 3180. The van der Waals surface area contributed by atoms with E-state index in [0.29, 0.717) is 0 Å². The van der Waals surface area contributed by atoms with Gasteiger partial charge in [0.1, 0.15) is 0 Å². The molecule has 10 rings (SSSR count). The van der Waals surface area contributed by atoms with Gasteiger partial charge in [-0.15, -0.1) is 0 Å². The van der Waals surface area contributed by atoms with E-state index in [1.807, 2.05) is 0 Å². The van der Waals surface area contributed by atoms with E-state index in [4.69, 9.17) is 0 Å². The Morgan fingerprint density at radius 3 is 1.38 bits per heavy atom. The van der Waals surface area contributed by atoms with Gasteiger partial charge in [-0.1, -0.05) is 158 Å². The molecular weight excluding hydrogens is 785 g/mol. The average molecular weight is 847 g/mol. The van der Waals surface area contributed by atoms with E-state index in [1.165, 1.54) is 88.6 Å². The van der Waals surface area contributed by atoms with Gasteiger partial charge in [0, 0.05) is 38.9 Å². The maximum Gasteiger partial charge on any atom is 0.0541 e. The smallest absolute Gasteiger partial charge is 0.0541 e. The first-order chi connectivity index (χ1) is 31.2. The molecule has 1 heterocycles. The van der Waals surface area contributed by atoms with Crippen LogP contribution >= 0.6 is 0 Å². The quantitative estimate of drug-likeness (QED) is 0.133. The topological polar surface area (TPSA) is 8.17 Å². The van der Waals surface area contributed by atoms with E-state index in [-0.39, 0.29) is 16.2 Å². The van der Waals surface area contributed by atoms with Crippen molar-refractivity contribution in [1.29, 1.82) is 0 Å². The number of aromatic nitrogens is 1. The van der Waals surface area contributed by atoms with Crippen molar-refractivity contribution in [2.24, 2.45) is 0 Å². The van der Waals surface area contributed by atoms with E-state index in [9.17, 15) is 0 Å². The van der Waals surface area contributed by atoms with Crippen molar-refractivity contribution in [3.05, 3.63) is 203 Å². The molecule has 0 N–H and O–H groups in total. The Kier molecular flexibility index (Phi) is 10.3. The molecule has 0 amide bonds. The average Bonchev–Trinajstić information content (AvgIpc) is 3.77. The normalized spacial score (nSPS) is 13.3. The summed E-state index contributed by atoms with van der Waals surface area (Å²) in [7, 11) is 0. The minimum atomic E-state index is -0.0846. The predicted molar refractivity (Wildman–Crippen MR) is 280 cm³/mol. The molecule has 2 heteroatoms. The van der Waals surface area contributed by atoms with E-state index < -0.39 is 0 Å². The van der Waals surface area contributed by atoms with Crippen LogP contribution in [0.3, 0.4) is 0 Å². The number of hydrogen-bond donors (Lipinski definition) is 0. The molecule has 0 atom stereocenters. The number of benzene rings is 8. The van der Waals surface area contributed by atoms with Crippen molar-refractivity contribution in [3.63, 3.8) is 0 Å². The van der Waals surface area contributed by atoms with Crippen molar-refractivity contribution < 1.29 is 0 Å². The maximum atomic E-state index is 2.49. The first-order valence-corrected chi connectivity index (χ1v) is 23.7. The largest absolute Gasteiger partial charge is 0.311 e. The molecule has 65 heavy (non-hydrogen) atoms. The van der Waals surface area contributed by atoms with Crippen LogP contribution in [0.1, 0.15) is 102 Å². The third-order valence-electron chi connectivity index (χ3n) is 15.3. The highest BCUT2D eigenvalue weighted by molar-refractivity contribution is 6.11. The lowest BCUT2D eigenvalue weighted by Crippen LogP contribution is -2.19. The number of fused-ring (bicyclic) bond motifs is 6.